The van der Waals surface area contributed by atoms with Crippen molar-refractivity contribution in [3.05, 3.63) is 88.2 Å². The summed E-state index contributed by atoms with van der Waals surface area (Å²) in [5.41, 5.74) is 3.03. The van der Waals surface area contributed by atoms with Gasteiger partial charge in [0.15, 0.2) is 5.11 Å². The van der Waals surface area contributed by atoms with E-state index < -0.39 is 23.8 Å². The largest absolute Gasteiger partial charge is 0.478 e. The van der Waals surface area contributed by atoms with Gasteiger partial charge < -0.3 is 14.8 Å². The monoisotopic (exact) mass is 489 g/mol. The van der Waals surface area contributed by atoms with Crippen LogP contribution in [-0.2, 0) is 9.59 Å². The first-order chi connectivity index (χ1) is 16.6. The van der Waals surface area contributed by atoms with Crippen LogP contribution in [0.4, 0.5) is 5.69 Å². The van der Waals surface area contributed by atoms with Gasteiger partial charge in [0.2, 0.25) is 0 Å². The summed E-state index contributed by atoms with van der Waals surface area (Å²) in [4.78, 5) is 49.6. The molecule has 0 spiro atoms. The van der Waals surface area contributed by atoms with Gasteiger partial charge in [0.25, 0.3) is 11.8 Å². The Kier molecular flexibility index (Phi) is 6.06. The second-order valence-electron chi connectivity index (χ2n) is 7.83. The lowest BCUT2D eigenvalue weighted by atomic mass is 10.1. The highest BCUT2D eigenvalue weighted by Crippen LogP contribution is 2.26. The van der Waals surface area contributed by atoms with Crippen molar-refractivity contribution in [2.75, 3.05) is 4.90 Å². The number of amides is 2. The zero-order valence-corrected chi connectivity index (χ0v) is 19.4. The molecule has 1 aliphatic rings. The molecule has 1 aromatic heterocycles. The maximum atomic E-state index is 13.3. The Morgan fingerprint density at radius 2 is 1.57 bits per heavy atom. The van der Waals surface area contributed by atoms with Crippen LogP contribution in [0.1, 0.15) is 37.7 Å². The third kappa shape index (κ3) is 4.34. The van der Waals surface area contributed by atoms with Crippen molar-refractivity contribution in [1.29, 1.82) is 0 Å². The highest BCUT2D eigenvalue weighted by atomic mass is 32.1. The van der Waals surface area contributed by atoms with Crippen molar-refractivity contribution >= 4 is 52.8 Å². The molecule has 2 heterocycles. The number of aromatic carboxylic acids is 2. The highest BCUT2D eigenvalue weighted by molar-refractivity contribution is 7.80. The number of anilines is 1. The number of carboxylic acid groups (broad SMARTS) is 2. The molecule has 2 aromatic carbocycles. The first-order valence-electron chi connectivity index (χ1n) is 10.4. The van der Waals surface area contributed by atoms with Gasteiger partial charge in [-0.1, -0.05) is 6.07 Å². The molecule has 0 bridgehead atoms. The number of benzene rings is 2. The van der Waals surface area contributed by atoms with Crippen molar-refractivity contribution in [1.82, 2.24) is 9.88 Å². The van der Waals surface area contributed by atoms with Gasteiger partial charge >= 0.3 is 11.9 Å². The van der Waals surface area contributed by atoms with Crippen molar-refractivity contribution in [2.24, 2.45) is 0 Å². The molecule has 3 aromatic rings. The molecule has 0 aliphatic carbocycles. The van der Waals surface area contributed by atoms with Crippen molar-refractivity contribution in [3.63, 3.8) is 0 Å². The summed E-state index contributed by atoms with van der Waals surface area (Å²) in [6.07, 6.45) is 1.46. The second kappa shape index (κ2) is 8.99. The second-order valence-corrected chi connectivity index (χ2v) is 8.21. The van der Waals surface area contributed by atoms with Crippen LogP contribution in [0.15, 0.2) is 60.2 Å². The number of thiocarbonyl (C=S) groups is 1. The summed E-state index contributed by atoms with van der Waals surface area (Å²) in [5.74, 6) is -3.47. The number of rotatable bonds is 5. The van der Waals surface area contributed by atoms with Gasteiger partial charge in [0.05, 0.1) is 16.8 Å². The van der Waals surface area contributed by atoms with E-state index in [4.69, 9.17) is 17.3 Å². The van der Waals surface area contributed by atoms with Crippen LogP contribution in [0.3, 0.4) is 0 Å². The molecule has 0 atom stereocenters. The summed E-state index contributed by atoms with van der Waals surface area (Å²) >= 11 is 5.19. The number of carbonyl (C=O) groups is 4. The molecular formula is C25H19N3O6S. The molecular weight excluding hydrogens is 470 g/mol. The number of aryl methyl sites for hydroxylation is 1. The lowest BCUT2D eigenvalue weighted by Gasteiger charge is -2.29. The molecule has 2 amide bonds. The third-order valence-corrected chi connectivity index (χ3v) is 5.88. The zero-order valence-electron chi connectivity index (χ0n) is 18.6. The molecule has 35 heavy (non-hydrogen) atoms. The van der Waals surface area contributed by atoms with Gasteiger partial charge in [-0.15, -0.1) is 0 Å². The van der Waals surface area contributed by atoms with Crippen LogP contribution in [0.5, 0.6) is 0 Å². The molecule has 1 fully saturated rings. The lowest BCUT2D eigenvalue weighted by molar-refractivity contribution is -0.122. The SMILES string of the molecule is Cc1cc(/C=C2\C(=O)NC(=S)N(c3ccc(C(=O)O)cc3)C2=O)c(C)n1-c1cccc(C(=O)O)c1. The van der Waals surface area contributed by atoms with Gasteiger partial charge in [-0.2, -0.15) is 0 Å². The minimum absolute atomic E-state index is 0.0448. The van der Waals surface area contributed by atoms with E-state index in [0.717, 1.165) is 10.6 Å². The van der Waals surface area contributed by atoms with Crippen LogP contribution in [0, 0.1) is 13.8 Å². The minimum atomic E-state index is -1.11. The fraction of sp³-hybridized carbons (Fsp3) is 0.0800. The van der Waals surface area contributed by atoms with Gasteiger partial charge in [-0.3, -0.25) is 19.8 Å². The smallest absolute Gasteiger partial charge is 0.335 e. The van der Waals surface area contributed by atoms with Crippen LogP contribution in [0.25, 0.3) is 11.8 Å². The number of carbonyl (C=O) groups excluding carboxylic acids is 2. The van der Waals surface area contributed by atoms with E-state index in [2.05, 4.69) is 5.32 Å². The van der Waals surface area contributed by atoms with Gasteiger partial charge in [-0.25, -0.2) is 9.59 Å². The molecule has 0 unspecified atom stereocenters. The summed E-state index contributed by atoms with van der Waals surface area (Å²) in [7, 11) is 0. The Bertz CT molecular complexity index is 1450. The quantitative estimate of drug-likeness (QED) is 0.285. The van der Waals surface area contributed by atoms with Crippen LogP contribution >= 0.6 is 12.2 Å². The molecule has 9 nitrogen and oxygen atoms in total. The van der Waals surface area contributed by atoms with Crippen LogP contribution in [-0.4, -0.2) is 43.6 Å². The zero-order chi connectivity index (χ0) is 25.4. The number of aromatic nitrogens is 1. The predicted octanol–water partition coefficient (Wildman–Crippen LogP) is 3.32. The summed E-state index contributed by atoms with van der Waals surface area (Å²) < 4.78 is 1.83. The number of hydrogen-bond acceptors (Lipinski definition) is 5. The van der Waals surface area contributed by atoms with E-state index >= 15 is 0 Å². The van der Waals surface area contributed by atoms with Crippen molar-refractivity contribution in [2.45, 2.75) is 13.8 Å². The normalized spacial score (nSPS) is 14.9. The fourth-order valence-corrected chi connectivity index (χ4v) is 4.19. The van der Waals surface area contributed by atoms with Crippen molar-refractivity contribution in [3.8, 4) is 5.69 Å². The molecule has 1 saturated heterocycles. The van der Waals surface area contributed by atoms with E-state index in [-0.39, 0.29) is 21.8 Å². The standard InChI is InChI=1S/C25H19N3O6S/c1-13-10-17(14(2)27(13)19-5-3-4-16(11-19)24(33)34)12-20-21(29)26-25(35)28(22(20)30)18-8-6-15(7-9-18)23(31)32/h3-12H,1-2H3,(H,31,32)(H,33,34)(H,26,29,35)/b20-12+. The Hall–Kier alpha value is -4.57. The average molecular weight is 490 g/mol. The molecule has 0 radical (unpaired) electrons. The Labute approximate surface area is 204 Å². The number of nitrogens with zero attached hydrogens (tertiary/aromatic N) is 2. The average Bonchev–Trinajstić information content (AvgIpc) is 3.09. The molecule has 3 N–H and O–H groups in total. The Balaban J connectivity index is 1.74. The first-order valence-corrected chi connectivity index (χ1v) is 10.8. The van der Waals surface area contributed by atoms with E-state index in [1.54, 1.807) is 31.2 Å². The summed E-state index contributed by atoms with van der Waals surface area (Å²) in [5, 5.41) is 20.8. The fourth-order valence-electron chi connectivity index (χ4n) is 3.91. The van der Waals surface area contributed by atoms with E-state index in [0.29, 0.717) is 22.6 Å². The molecule has 10 heteroatoms. The molecule has 4 rings (SSSR count). The maximum absolute atomic E-state index is 13.3. The van der Waals surface area contributed by atoms with Crippen LogP contribution in [0.2, 0.25) is 0 Å². The number of nitrogens with one attached hydrogen (secondary N) is 1. The van der Waals surface area contributed by atoms with E-state index in [9.17, 15) is 24.3 Å². The Morgan fingerprint density at radius 1 is 0.914 bits per heavy atom. The number of carboxylic acids is 2. The van der Waals surface area contributed by atoms with E-state index in [1.165, 1.54) is 36.4 Å². The maximum Gasteiger partial charge on any atom is 0.335 e. The summed E-state index contributed by atoms with van der Waals surface area (Å²) in [6, 6.07) is 13.8. The summed E-state index contributed by atoms with van der Waals surface area (Å²) in [6.45, 7) is 3.63. The molecule has 0 saturated carbocycles. The minimum Gasteiger partial charge on any atom is -0.478 e. The number of hydrogen-bond donors (Lipinski definition) is 3. The highest BCUT2D eigenvalue weighted by Gasteiger charge is 2.34. The Morgan fingerprint density at radius 3 is 2.20 bits per heavy atom. The van der Waals surface area contributed by atoms with Crippen molar-refractivity contribution < 1.29 is 29.4 Å². The third-order valence-electron chi connectivity index (χ3n) is 5.60. The van der Waals surface area contributed by atoms with Gasteiger partial charge in [0, 0.05) is 17.1 Å². The van der Waals surface area contributed by atoms with Gasteiger partial charge in [0.1, 0.15) is 5.57 Å². The van der Waals surface area contributed by atoms with E-state index in [1.807, 2.05) is 11.5 Å². The molecule has 1 aliphatic heterocycles. The lowest BCUT2D eigenvalue weighted by Crippen LogP contribution is -2.54. The predicted molar refractivity (Wildman–Crippen MR) is 132 cm³/mol. The topological polar surface area (TPSA) is 129 Å². The van der Waals surface area contributed by atoms with Crippen LogP contribution < -0.4 is 10.2 Å². The van der Waals surface area contributed by atoms with Gasteiger partial charge in [-0.05, 0) is 86.2 Å². The molecule has 176 valence electrons. The first kappa shape index (κ1) is 23.6.